The van der Waals surface area contributed by atoms with Gasteiger partial charge in [-0.2, -0.15) is 0 Å². The van der Waals surface area contributed by atoms with E-state index < -0.39 is 0 Å². The molecule has 0 N–H and O–H groups in total. The van der Waals surface area contributed by atoms with Gasteiger partial charge in [0.25, 0.3) is 0 Å². The summed E-state index contributed by atoms with van der Waals surface area (Å²) in [7, 11) is 0. The molecule has 0 bridgehead atoms. The van der Waals surface area contributed by atoms with Crippen molar-refractivity contribution in [1.82, 2.24) is 0 Å². The van der Waals surface area contributed by atoms with E-state index in [2.05, 4.69) is 43.3 Å². The van der Waals surface area contributed by atoms with Crippen LogP contribution in [-0.2, 0) is 6.42 Å². The molecule has 0 heterocycles. The van der Waals surface area contributed by atoms with Gasteiger partial charge in [-0.25, -0.2) is 0 Å². The second kappa shape index (κ2) is 8.45. The highest BCUT2D eigenvalue weighted by atomic mass is 16.5. The van der Waals surface area contributed by atoms with Gasteiger partial charge in [0.2, 0.25) is 0 Å². The van der Waals surface area contributed by atoms with Crippen LogP contribution < -0.4 is 9.47 Å². The summed E-state index contributed by atoms with van der Waals surface area (Å²) in [5.41, 5.74) is 3.75. The van der Waals surface area contributed by atoms with Gasteiger partial charge in [0.15, 0.2) is 0 Å². The van der Waals surface area contributed by atoms with Crippen molar-refractivity contribution in [3.8, 4) is 34.1 Å². The topological polar surface area (TPSA) is 18.5 Å². The second-order valence-electron chi connectivity index (χ2n) is 6.56. The second-order valence-corrected chi connectivity index (χ2v) is 6.56. The van der Waals surface area contributed by atoms with Crippen molar-refractivity contribution >= 4 is 0 Å². The molecule has 0 aliphatic heterocycles. The molecule has 28 heavy (non-hydrogen) atoms. The molecule has 4 rings (SSSR count). The summed E-state index contributed by atoms with van der Waals surface area (Å²) in [5, 5.41) is 0. The molecular weight excluding hydrogens is 344 g/mol. The van der Waals surface area contributed by atoms with E-state index in [-0.39, 0.29) is 0 Å². The van der Waals surface area contributed by atoms with E-state index in [9.17, 15) is 0 Å². The van der Waals surface area contributed by atoms with E-state index in [1.807, 2.05) is 66.7 Å². The summed E-state index contributed by atoms with van der Waals surface area (Å²) in [6, 6.07) is 34.2. The van der Waals surface area contributed by atoms with Crippen LogP contribution in [0.3, 0.4) is 0 Å². The zero-order valence-corrected chi connectivity index (χ0v) is 15.8. The lowest BCUT2D eigenvalue weighted by atomic mass is 10.0. The zero-order valence-electron chi connectivity index (χ0n) is 15.8. The zero-order chi connectivity index (χ0) is 19.2. The average Bonchev–Trinajstić information content (AvgIpc) is 2.76. The third-order valence-corrected chi connectivity index (χ3v) is 4.59. The third kappa shape index (κ3) is 4.41. The van der Waals surface area contributed by atoms with E-state index in [0.29, 0.717) is 0 Å². The lowest BCUT2D eigenvalue weighted by Gasteiger charge is -2.09. The first kappa shape index (κ1) is 17.9. The van der Waals surface area contributed by atoms with Gasteiger partial charge in [-0.15, -0.1) is 0 Å². The lowest BCUT2D eigenvalue weighted by molar-refractivity contribution is 0.469. The van der Waals surface area contributed by atoms with Crippen LogP contribution in [0.15, 0.2) is 103 Å². The Balaban J connectivity index is 1.41. The average molecular weight is 366 g/mol. The fraction of sp³-hybridized carbons (Fsp3) is 0.0769. The summed E-state index contributed by atoms with van der Waals surface area (Å²) >= 11 is 0. The number of hydrogen-bond donors (Lipinski definition) is 0. The monoisotopic (exact) mass is 366 g/mol. The highest BCUT2D eigenvalue weighted by Crippen LogP contribution is 2.28. The van der Waals surface area contributed by atoms with Gasteiger partial charge >= 0.3 is 0 Å². The maximum absolute atomic E-state index is 5.96. The number of rotatable bonds is 6. The van der Waals surface area contributed by atoms with Crippen molar-refractivity contribution < 1.29 is 9.47 Å². The number of para-hydroxylation sites is 1. The molecule has 0 saturated carbocycles. The molecule has 0 atom stereocenters. The molecule has 2 heteroatoms. The molecule has 0 spiro atoms. The van der Waals surface area contributed by atoms with Crippen LogP contribution >= 0.6 is 0 Å². The van der Waals surface area contributed by atoms with Gasteiger partial charge in [0, 0.05) is 0 Å². The van der Waals surface area contributed by atoms with Gasteiger partial charge in [0.05, 0.1) is 0 Å². The van der Waals surface area contributed by atoms with Gasteiger partial charge in [0.1, 0.15) is 23.0 Å². The van der Waals surface area contributed by atoms with Crippen LogP contribution in [0.5, 0.6) is 23.0 Å². The summed E-state index contributed by atoms with van der Waals surface area (Å²) in [6.45, 7) is 2.17. The smallest absolute Gasteiger partial charge is 0.127 e. The van der Waals surface area contributed by atoms with Crippen molar-refractivity contribution in [2.45, 2.75) is 13.3 Å². The van der Waals surface area contributed by atoms with Crippen LogP contribution in [0.25, 0.3) is 11.1 Å². The van der Waals surface area contributed by atoms with Crippen molar-refractivity contribution in [1.29, 1.82) is 0 Å². The predicted molar refractivity (Wildman–Crippen MR) is 114 cm³/mol. The third-order valence-electron chi connectivity index (χ3n) is 4.59. The van der Waals surface area contributed by atoms with E-state index in [1.54, 1.807) is 0 Å². The fourth-order valence-electron chi connectivity index (χ4n) is 2.98. The Morgan fingerprint density at radius 2 is 0.857 bits per heavy atom. The Labute approximate surface area is 166 Å². The van der Waals surface area contributed by atoms with Crippen LogP contribution in [0.4, 0.5) is 0 Å². The molecule has 0 aliphatic carbocycles. The summed E-state index contributed by atoms with van der Waals surface area (Å²) < 4.78 is 11.8. The SMILES string of the molecule is CCc1ccc(-c2ccc(Oc3ccc(Oc4ccccc4)cc3)cc2)cc1. The Kier molecular flexibility index (Phi) is 5.39. The number of hydrogen-bond acceptors (Lipinski definition) is 2. The fourth-order valence-corrected chi connectivity index (χ4v) is 2.98. The van der Waals surface area contributed by atoms with Crippen molar-refractivity contribution in [3.05, 3.63) is 109 Å². The molecule has 0 aliphatic rings. The minimum absolute atomic E-state index is 0.778. The summed E-state index contributed by atoms with van der Waals surface area (Å²) in [5.74, 6) is 3.19. The first-order valence-electron chi connectivity index (χ1n) is 9.50. The lowest BCUT2D eigenvalue weighted by Crippen LogP contribution is -1.87. The molecule has 0 fully saturated rings. The summed E-state index contributed by atoms with van der Waals surface area (Å²) in [6.07, 6.45) is 1.06. The molecule has 0 saturated heterocycles. The molecule has 4 aromatic carbocycles. The highest BCUT2D eigenvalue weighted by Gasteiger charge is 2.02. The van der Waals surface area contributed by atoms with Crippen LogP contribution in [-0.4, -0.2) is 0 Å². The standard InChI is InChI=1S/C26H22O2/c1-2-20-8-10-21(11-9-20)22-12-14-24(15-13-22)28-26-18-16-25(17-19-26)27-23-6-4-3-5-7-23/h3-19H,2H2,1H3. The first-order chi connectivity index (χ1) is 13.8. The maximum Gasteiger partial charge on any atom is 0.127 e. The van der Waals surface area contributed by atoms with E-state index in [4.69, 9.17) is 9.47 Å². The summed E-state index contributed by atoms with van der Waals surface area (Å²) in [4.78, 5) is 0. The minimum atomic E-state index is 0.778. The molecular formula is C26H22O2. The van der Waals surface area contributed by atoms with E-state index in [1.165, 1.54) is 16.7 Å². The Hall–Kier alpha value is -3.52. The van der Waals surface area contributed by atoms with E-state index >= 15 is 0 Å². The molecule has 4 aromatic rings. The Bertz CT molecular complexity index is 1000. The normalized spacial score (nSPS) is 10.5. The maximum atomic E-state index is 5.96. The van der Waals surface area contributed by atoms with Crippen LogP contribution in [0, 0.1) is 0 Å². The first-order valence-corrected chi connectivity index (χ1v) is 9.50. The highest BCUT2D eigenvalue weighted by molar-refractivity contribution is 5.64. The van der Waals surface area contributed by atoms with Crippen LogP contribution in [0.2, 0.25) is 0 Å². The number of aryl methyl sites for hydroxylation is 1. The van der Waals surface area contributed by atoms with Crippen LogP contribution in [0.1, 0.15) is 12.5 Å². The van der Waals surface area contributed by atoms with Crippen molar-refractivity contribution in [3.63, 3.8) is 0 Å². The molecule has 0 unspecified atom stereocenters. The van der Waals surface area contributed by atoms with Crippen molar-refractivity contribution in [2.24, 2.45) is 0 Å². The molecule has 2 nitrogen and oxygen atoms in total. The molecule has 0 aromatic heterocycles. The Morgan fingerprint density at radius 3 is 1.32 bits per heavy atom. The Morgan fingerprint density at radius 1 is 0.464 bits per heavy atom. The number of benzene rings is 4. The van der Waals surface area contributed by atoms with E-state index in [0.717, 1.165) is 29.4 Å². The number of ether oxygens (including phenoxy) is 2. The minimum Gasteiger partial charge on any atom is -0.457 e. The predicted octanol–water partition coefficient (Wildman–Crippen LogP) is 7.50. The quantitative estimate of drug-likeness (QED) is 0.352. The molecule has 138 valence electrons. The van der Waals surface area contributed by atoms with Gasteiger partial charge in [-0.1, -0.05) is 61.5 Å². The largest absolute Gasteiger partial charge is 0.457 e. The van der Waals surface area contributed by atoms with Gasteiger partial charge in [-0.05, 0) is 71.6 Å². The molecule has 0 radical (unpaired) electrons. The van der Waals surface area contributed by atoms with Gasteiger partial charge in [-0.3, -0.25) is 0 Å². The van der Waals surface area contributed by atoms with Crippen molar-refractivity contribution in [2.75, 3.05) is 0 Å². The van der Waals surface area contributed by atoms with Gasteiger partial charge < -0.3 is 9.47 Å². The molecule has 0 amide bonds.